The van der Waals surface area contributed by atoms with E-state index in [9.17, 15) is 0 Å². The van der Waals surface area contributed by atoms with E-state index in [2.05, 4.69) is 73.1 Å². The van der Waals surface area contributed by atoms with Crippen LogP contribution in [0.4, 0.5) is 0 Å². The fraction of sp³-hybridized carbons (Fsp3) is 0.200. The Morgan fingerprint density at radius 2 is 1.44 bits per heavy atom. The SMILES string of the molecule is Cc1cc(-c2c(C)cccc2C)ccc1Br. The first-order chi connectivity index (χ1) is 7.59. The van der Waals surface area contributed by atoms with Gasteiger partial charge in [-0.1, -0.05) is 46.3 Å². The largest absolute Gasteiger partial charge is 0.0617 e. The van der Waals surface area contributed by atoms with E-state index in [0.717, 1.165) is 0 Å². The Morgan fingerprint density at radius 1 is 0.812 bits per heavy atom. The van der Waals surface area contributed by atoms with E-state index in [-0.39, 0.29) is 0 Å². The number of halogens is 1. The second-order valence-corrected chi connectivity index (χ2v) is 5.09. The summed E-state index contributed by atoms with van der Waals surface area (Å²) in [6, 6.07) is 13.0. The highest BCUT2D eigenvalue weighted by Gasteiger charge is 2.06. The predicted molar refractivity (Wildman–Crippen MR) is 73.8 cm³/mol. The van der Waals surface area contributed by atoms with Crippen molar-refractivity contribution in [2.45, 2.75) is 20.8 Å². The molecular weight excluding hydrogens is 260 g/mol. The van der Waals surface area contributed by atoms with Crippen LogP contribution in [0.3, 0.4) is 0 Å². The van der Waals surface area contributed by atoms with Gasteiger partial charge < -0.3 is 0 Å². The molecule has 0 saturated carbocycles. The van der Waals surface area contributed by atoms with Gasteiger partial charge in [0.2, 0.25) is 0 Å². The van der Waals surface area contributed by atoms with Crippen molar-refractivity contribution in [3.05, 3.63) is 57.6 Å². The summed E-state index contributed by atoms with van der Waals surface area (Å²) in [6.07, 6.45) is 0. The molecule has 2 aromatic rings. The van der Waals surface area contributed by atoms with E-state index in [4.69, 9.17) is 0 Å². The van der Waals surface area contributed by atoms with Crippen molar-refractivity contribution in [1.29, 1.82) is 0 Å². The van der Waals surface area contributed by atoms with Gasteiger partial charge in [-0.05, 0) is 54.7 Å². The van der Waals surface area contributed by atoms with Crippen LogP contribution in [0, 0.1) is 20.8 Å². The third-order valence-corrected chi connectivity index (χ3v) is 3.82. The van der Waals surface area contributed by atoms with Gasteiger partial charge in [-0.3, -0.25) is 0 Å². The van der Waals surface area contributed by atoms with E-state index in [1.807, 2.05) is 0 Å². The number of rotatable bonds is 1. The van der Waals surface area contributed by atoms with Crippen LogP contribution in [-0.4, -0.2) is 0 Å². The maximum absolute atomic E-state index is 3.54. The molecule has 0 amide bonds. The fourth-order valence-corrected chi connectivity index (χ4v) is 2.32. The Balaban J connectivity index is 2.63. The Hall–Kier alpha value is -1.08. The number of hydrogen-bond acceptors (Lipinski definition) is 0. The van der Waals surface area contributed by atoms with E-state index in [1.165, 1.54) is 32.3 Å². The highest BCUT2D eigenvalue weighted by Crippen LogP contribution is 2.29. The molecule has 0 fully saturated rings. The van der Waals surface area contributed by atoms with Crippen molar-refractivity contribution in [1.82, 2.24) is 0 Å². The van der Waals surface area contributed by atoms with Gasteiger partial charge in [0.15, 0.2) is 0 Å². The third kappa shape index (κ3) is 2.05. The molecule has 2 aromatic carbocycles. The molecule has 0 nitrogen and oxygen atoms in total. The van der Waals surface area contributed by atoms with Crippen molar-refractivity contribution >= 4 is 15.9 Å². The molecule has 16 heavy (non-hydrogen) atoms. The molecule has 0 aromatic heterocycles. The number of hydrogen-bond donors (Lipinski definition) is 0. The summed E-state index contributed by atoms with van der Waals surface area (Å²) in [5.74, 6) is 0. The molecular formula is C15H15Br. The molecule has 2 rings (SSSR count). The lowest BCUT2D eigenvalue weighted by Crippen LogP contribution is -1.88. The fourth-order valence-electron chi connectivity index (χ4n) is 2.07. The van der Waals surface area contributed by atoms with Crippen LogP contribution >= 0.6 is 15.9 Å². The number of aryl methyl sites for hydroxylation is 3. The topological polar surface area (TPSA) is 0 Å². The summed E-state index contributed by atoms with van der Waals surface area (Å²) in [7, 11) is 0. The molecule has 0 heterocycles. The van der Waals surface area contributed by atoms with Crippen molar-refractivity contribution in [2.75, 3.05) is 0 Å². The Morgan fingerprint density at radius 3 is 2.00 bits per heavy atom. The smallest absolute Gasteiger partial charge is 0.0204 e. The summed E-state index contributed by atoms with van der Waals surface area (Å²) in [5.41, 5.74) is 6.61. The summed E-state index contributed by atoms with van der Waals surface area (Å²) in [4.78, 5) is 0. The summed E-state index contributed by atoms with van der Waals surface area (Å²) < 4.78 is 1.17. The third-order valence-electron chi connectivity index (χ3n) is 2.93. The minimum absolute atomic E-state index is 1.17. The minimum Gasteiger partial charge on any atom is -0.0617 e. The summed E-state index contributed by atoms with van der Waals surface area (Å²) >= 11 is 3.54. The van der Waals surface area contributed by atoms with E-state index in [1.54, 1.807) is 0 Å². The van der Waals surface area contributed by atoms with Crippen molar-refractivity contribution in [3.8, 4) is 11.1 Å². The molecule has 0 aliphatic carbocycles. The van der Waals surface area contributed by atoms with Gasteiger partial charge in [-0.25, -0.2) is 0 Å². The van der Waals surface area contributed by atoms with Crippen LogP contribution in [0.1, 0.15) is 16.7 Å². The first-order valence-electron chi connectivity index (χ1n) is 5.42. The van der Waals surface area contributed by atoms with Crippen LogP contribution in [0.2, 0.25) is 0 Å². The van der Waals surface area contributed by atoms with Crippen LogP contribution in [0.25, 0.3) is 11.1 Å². The number of benzene rings is 2. The molecule has 0 radical (unpaired) electrons. The maximum atomic E-state index is 3.54. The van der Waals surface area contributed by atoms with Crippen LogP contribution in [0.5, 0.6) is 0 Å². The lowest BCUT2D eigenvalue weighted by molar-refractivity contribution is 1.36. The minimum atomic E-state index is 1.17. The standard InChI is InChI=1S/C15H15Br/c1-10-5-4-6-11(2)15(10)13-7-8-14(16)12(3)9-13/h4-9H,1-3H3. The second-order valence-electron chi connectivity index (χ2n) is 4.23. The van der Waals surface area contributed by atoms with Gasteiger partial charge in [-0.15, -0.1) is 0 Å². The zero-order valence-electron chi connectivity index (χ0n) is 9.84. The van der Waals surface area contributed by atoms with Gasteiger partial charge in [0, 0.05) is 4.47 Å². The lowest BCUT2D eigenvalue weighted by Gasteiger charge is -2.11. The molecule has 0 aliphatic heterocycles. The van der Waals surface area contributed by atoms with Crippen LogP contribution in [-0.2, 0) is 0 Å². The molecule has 0 unspecified atom stereocenters. The van der Waals surface area contributed by atoms with Crippen molar-refractivity contribution < 1.29 is 0 Å². The summed E-state index contributed by atoms with van der Waals surface area (Å²) in [5, 5.41) is 0. The quantitative estimate of drug-likeness (QED) is 0.683. The van der Waals surface area contributed by atoms with Crippen LogP contribution in [0.15, 0.2) is 40.9 Å². The van der Waals surface area contributed by atoms with Gasteiger partial charge in [0.05, 0.1) is 0 Å². The molecule has 0 N–H and O–H groups in total. The monoisotopic (exact) mass is 274 g/mol. The molecule has 0 bridgehead atoms. The summed E-state index contributed by atoms with van der Waals surface area (Å²) in [6.45, 7) is 6.46. The Bertz CT molecular complexity index is 507. The molecule has 0 saturated heterocycles. The predicted octanol–water partition coefficient (Wildman–Crippen LogP) is 5.04. The Labute approximate surface area is 105 Å². The highest BCUT2D eigenvalue weighted by atomic mass is 79.9. The second kappa shape index (κ2) is 4.42. The van der Waals surface area contributed by atoms with Gasteiger partial charge in [0.1, 0.15) is 0 Å². The van der Waals surface area contributed by atoms with E-state index < -0.39 is 0 Å². The first kappa shape index (κ1) is 11.4. The van der Waals surface area contributed by atoms with E-state index in [0.29, 0.717) is 0 Å². The molecule has 82 valence electrons. The highest BCUT2D eigenvalue weighted by molar-refractivity contribution is 9.10. The van der Waals surface area contributed by atoms with Crippen molar-refractivity contribution in [3.63, 3.8) is 0 Å². The lowest BCUT2D eigenvalue weighted by atomic mass is 9.95. The molecule has 1 heteroatoms. The molecule has 0 aliphatic rings. The zero-order chi connectivity index (χ0) is 11.7. The molecule has 0 spiro atoms. The maximum Gasteiger partial charge on any atom is 0.0204 e. The van der Waals surface area contributed by atoms with Gasteiger partial charge in [-0.2, -0.15) is 0 Å². The van der Waals surface area contributed by atoms with Crippen molar-refractivity contribution in [2.24, 2.45) is 0 Å². The van der Waals surface area contributed by atoms with Crippen LogP contribution < -0.4 is 0 Å². The average molecular weight is 275 g/mol. The zero-order valence-corrected chi connectivity index (χ0v) is 11.4. The van der Waals surface area contributed by atoms with Gasteiger partial charge >= 0.3 is 0 Å². The first-order valence-corrected chi connectivity index (χ1v) is 6.21. The Kier molecular flexibility index (Phi) is 3.15. The average Bonchev–Trinajstić information content (AvgIpc) is 2.23. The van der Waals surface area contributed by atoms with Gasteiger partial charge in [0.25, 0.3) is 0 Å². The normalized spacial score (nSPS) is 10.5. The molecule has 0 atom stereocenters. The van der Waals surface area contributed by atoms with E-state index >= 15 is 0 Å².